The summed E-state index contributed by atoms with van der Waals surface area (Å²) in [6, 6.07) is 5.72. The van der Waals surface area contributed by atoms with Crippen molar-refractivity contribution in [3.05, 3.63) is 51.4 Å². The molecule has 13 heteroatoms. The molecule has 4 aromatic rings. The van der Waals surface area contributed by atoms with E-state index in [1.54, 1.807) is 22.9 Å². The Labute approximate surface area is 179 Å². The van der Waals surface area contributed by atoms with E-state index < -0.39 is 16.0 Å². The Hall–Kier alpha value is -3.29. The number of methoxy groups -OCH3 is 1. The lowest BCUT2D eigenvalue weighted by Gasteiger charge is -2.11. The number of aryl methyl sites for hydroxylation is 1. The summed E-state index contributed by atoms with van der Waals surface area (Å²) in [5.41, 5.74) is 0.451. The van der Waals surface area contributed by atoms with Crippen LogP contribution in [0.25, 0.3) is 16.0 Å². The quantitative estimate of drug-likeness (QED) is 0.417. The first-order valence-electron chi connectivity index (χ1n) is 8.87. The number of hydrogen-bond acceptors (Lipinski definition) is 9. The van der Waals surface area contributed by atoms with Gasteiger partial charge in [0.1, 0.15) is 15.3 Å². The second-order valence-corrected chi connectivity index (χ2v) is 9.17. The first kappa shape index (κ1) is 21.0. The van der Waals surface area contributed by atoms with Crippen molar-refractivity contribution >= 4 is 43.3 Å². The van der Waals surface area contributed by atoms with Crippen molar-refractivity contribution in [1.82, 2.24) is 23.9 Å². The van der Waals surface area contributed by atoms with E-state index in [1.165, 1.54) is 48.3 Å². The molecule has 0 radical (unpaired) electrons. The molecule has 11 nitrogen and oxygen atoms in total. The minimum Gasteiger partial charge on any atom is -0.495 e. The van der Waals surface area contributed by atoms with Crippen LogP contribution in [0.5, 0.6) is 5.75 Å². The summed E-state index contributed by atoms with van der Waals surface area (Å²) in [6.07, 6.45) is 0. The van der Waals surface area contributed by atoms with Crippen LogP contribution >= 0.6 is 11.3 Å². The van der Waals surface area contributed by atoms with Gasteiger partial charge in [0.15, 0.2) is 12.4 Å². The van der Waals surface area contributed by atoms with Gasteiger partial charge in [0.05, 0.1) is 18.2 Å². The minimum absolute atomic E-state index is 0.0246. The number of ether oxygens (including phenoxy) is 2. The number of nitrogens with zero attached hydrogens (tertiary/aromatic N) is 4. The average Bonchev–Trinajstić information content (AvgIpc) is 3.42. The van der Waals surface area contributed by atoms with Crippen LogP contribution in [0.4, 0.5) is 0 Å². The van der Waals surface area contributed by atoms with Gasteiger partial charge in [0, 0.05) is 7.05 Å². The molecule has 3 aromatic heterocycles. The van der Waals surface area contributed by atoms with Gasteiger partial charge < -0.3 is 9.47 Å². The van der Waals surface area contributed by atoms with E-state index in [0.717, 1.165) is 0 Å². The molecule has 3 heterocycles. The number of carbonyl (C=O) groups excluding carboxylic acids is 1. The zero-order valence-corrected chi connectivity index (χ0v) is 18.3. The average molecular weight is 463 g/mol. The Balaban J connectivity index is 1.67. The monoisotopic (exact) mass is 463 g/mol. The molecule has 0 atom stereocenters. The SMILES string of the molecule is CNS(=O)(=O)c1cc(C(=O)OCc2nnc3n(C)c(=O)c4sccc4n23)ccc1OC. The van der Waals surface area contributed by atoms with Crippen LogP contribution < -0.4 is 15.0 Å². The maximum Gasteiger partial charge on any atom is 0.338 e. The molecule has 0 bridgehead atoms. The second kappa shape index (κ2) is 7.76. The number of aromatic nitrogens is 4. The van der Waals surface area contributed by atoms with E-state index in [9.17, 15) is 18.0 Å². The molecule has 162 valence electrons. The molecule has 0 spiro atoms. The van der Waals surface area contributed by atoms with Crippen LogP contribution in [0, 0.1) is 0 Å². The maximum absolute atomic E-state index is 12.6. The molecule has 0 aliphatic rings. The third-order valence-electron chi connectivity index (χ3n) is 4.69. The topological polar surface area (TPSA) is 134 Å². The van der Waals surface area contributed by atoms with Gasteiger partial charge in [-0.2, -0.15) is 0 Å². The highest BCUT2D eigenvalue weighted by Crippen LogP contribution is 2.25. The van der Waals surface area contributed by atoms with Gasteiger partial charge in [-0.15, -0.1) is 21.5 Å². The van der Waals surface area contributed by atoms with Crippen LogP contribution in [-0.2, 0) is 28.4 Å². The van der Waals surface area contributed by atoms with E-state index >= 15 is 0 Å². The van der Waals surface area contributed by atoms with Gasteiger partial charge in [-0.3, -0.25) is 13.8 Å². The third-order valence-corrected chi connectivity index (χ3v) is 7.01. The van der Waals surface area contributed by atoms with Gasteiger partial charge in [0.25, 0.3) is 5.56 Å². The smallest absolute Gasteiger partial charge is 0.338 e. The molecule has 0 fully saturated rings. The molecular weight excluding hydrogens is 446 g/mol. The fraction of sp³-hybridized carbons (Fsp3) is 0.222. The van der Waals surface area contributed by atoms with Crippen molar-refractivity contribution in [2.24, 2.45) is 7.05 Å². The Kier molecular flexibility index (Phi) is 5.24. The van der Waals surface area contributed by atoms with Crippen molar-refractivity contribution in [2.45, 2.75) is 11.5 Å². The standard InChI is InChI=1S/C18H17N5O6S2/c1-19-31(26,27)13-8-10(4-5-12(13)28-3)17(25)29-9-14-20-21-18-22(2)16(24)15-11(23(14)18)6-7-30-15/h4-8,19H,9H2,1-3H3. The lowest BCUT2D eigenvalue weighted by atomic mass is 10.2. The van der Waals surface area contributed by atoms with Gasteiger partial charge in [0.2, 0.25) is 15.8 Å². The van der Waals surface area contributed by atoms with E-state index in [0.29, 0.717) is 21.8 Å². The van der Waals surface area contributed by atoms with E-state index in [-0.39, 0.29) is 28.4 Å². The lowest BCUT2D eigenvalue weighted by molar-refractivity contribution is 0.0461. The summed E-state index contributed by atoms with van der Waals surface area (Å²) < 4.78 is 40.6. The largest absolute Gasteiger partial charge is 0.495 e. The minimum atomic E-state index is -3.85. The molecule has 4 rings (SSSR count). The Morgan fingerprint density at radius 3 is 2.74 bits per heavy atom. The fourth-order valence-corrected chi connectivity index (χ4v) is 4.85. The Bertz CT molecular complexity index is 1480. The van der Waals surface area contributed by atoms with Gasteiger partial charge >= 0.3 is 5.97 Å². The molecule has 0 amide bonds. The van der Waals surface area contributed by atoms with Gasteiger partial charge in [-0.25, -0.2) is 17.9 Å². The zero-order valence-electron chi connectivity index (χ0n) is 16.6. The van der Waals surface area contributed by atoms with Gasteiger partial charge in [-0.1, -0.05) is 0 Å². The predicted molar refractivity (Wildman–Crippen MR) is 112 cm³/mol. The molecule has 1 aromatic carbocycles. The fourth-order valence-electron chi connectivity index (χ4n) is 3.08. The highest BCUT2D eigenvalue weighted by molar-refractivity contribution is 7.89. The molecule has 0 saturated carbocycles. The number of fused-ring (bicyclic) bond motifs is 3. The summed E-state index contributed by atoms with van der Waals surface area (Å²) in [4.78, 5) is 24.8. The van der Waals surface area contributed by atoms with Crippen molar-refractivity contribution in [2.75, 3.05) is 14.2 Å². The Morgan fingerprint density at radius 1 is 1.26 bits per heavy atom. The molecule has 1 N–H and O–H groups in total. The van der Waals surface area contributed by atoms with Crippen LogP contribution in [0.1, 0.15) is 16.2 Å². The first-order chi connectivity index (χ1) is 14.8. The second-order valence-electron chi connectivity index (χ2n) is 6.40. The summed E-state index contributed by atoms with van der Waals surface area (Å²) in [5, 5.41) is 9.85. The van der Waals surface area contributed by atoms with Crippen LogP contribution in [0.3, 0.4) is 0 Å². The first-order valence-corrected chi connectivity index (χ1v) is 11.2. The number of benzene rings is 1. The highest BCUT2D eigenvalue weighted by atomic mass is 32.2. The lowest BCUT2D eigenvalue weighted by Crippen LogP contribution is -2.20. The molecule has 0 unspecified atom stereocenters. The van der Waals surface area contributed by atoms with Gasteiger partial charge in [-0.05, 0) is 36.7 Å². The van der Waals surface area contributed by atoms with Crippen molar-refractivity contribution < 1.29 is 22.7 Å². The number of esters is 1. The zero-order chi connectivity index (χ0) is 22.3. The predicted octanol–water partition coefficient (Wildman–Crippen LogP) is 0.916. The van der Waals surface area contributed by atoms with Crippen LogP contribution in [0.2, 0.25) is 0 Å². The van der Waals surface area contributed by atoms with E-state index in [1.807, 2.05) is 0 Å². The number of nitrogens with one attached hydrogen (secondary N) is 1. The summed E-state index contributed by atoms with van der Waals surface area (Å²) in [7, 11) is 0.323. The molecule has 31 heavy (non-hydrogen) atoms. The van der Waals surface area contributed by atoms with Crippen LogP contribution in [-0.4, -0.2) is 47.7 Å². The number of carbonyl (C=O) groups is 1. The summed E-state index contributed by atoms with van der Waals surface area (Å²) in [6.45, 7) is -0.233. The van der Waals surface area contributed by atoms with Crippen molar-refractivity contribution in [3.8, 4) is 5.75 Å². The number of sulfonamides is 1. The molecule has 0 saturated heterocycles. The normalized spacial score (nSPS) is 11.8. The summed E-state index contributed by atoms with van der Waals surface area (Å²) in [5.74, 6) is -0.0267. The number of hydrogen-bond donors (Lipinski definition) is 1. The number of thiophene rings is 1. The highest BCUT2D eigenvalue weighted by Gasteiger charge is 2.22. The third kappa shape index (κ3) is 3.45. The van der Waals surface area contributed by atoms with Crippen LogP contribution in [0.15, 0.2) is 39.3 Å². The van der Waals surface area contributed by atoms with E-state index in [4.69, 9.17) is 9.47 Å². The van der Waals surface area contributed by atoms with E-state index in [2.05, 4.69) is 14.9 Å². The molecule has 0 aliphatic carbocycles. The molecule has 0 aliphatic heterocycles. The Morgan fingerprint density at radius 2 is 2.03 bits per heavy atom. The van der Waals surface area contributed by atoms with Crippen molar-refractivity contribution in [3.63, 3.8) is 0 Å². The van der Waals surface area contributed by atoms with Crippen molar-refractivity contribution in [1.29, 1.82) is 0 Å². The summed E-state index contributed by atoms with van der Waals surface area (Å²) >= 11 is 1.29. The molecular formula is C18H17N5O6S2. The maximum atomic E-state index is 12.6. The number of rotatable bonds is 6.